The fraction of sp³-hybridized carbons (Fsp3) is 0.211. The third-order valence-electron chi connectivity index (χ3n) is 4.53. The quantitative estimate of drug-likeness (QED) is 0.517. The number of H-pyrrole nitrogens is 1. The molecule has 0 atom stereocenters. The number of fused-ring (bicyclic) bond motifs is 3. The number of hydrogen-bond donors (Lipinski definition) is 1. The lowest BCUT2D eigenvalue weighted by molar-refractivity contribution is 0.422. The summed E-state index contributed by atoms with van der Waals surface area (Å²) in [4.78, 5) is 16.7. The number of rotatable bonds is 4. The standard InChI is InChI=1S/C19H16N6O2/c1-3-15-22-18(26-24-15)10-6-5-7-12-17(10)11-8-13(20-9-14(11)21-12)19-23-16(4-2)25-27-19/h5-9,21H,3-4H2,1-2H3. The Morgan fingerprint density at radius 1 is 0.926 bits per heavy atom. The molecule has 0 aliphatic carbocycles. The highest BCUT2D eigenvalue weighted by molar-refractivity contribution is 6.13. The first-order valence-corrected chi connectivity index (χ1v) is 8.83. The summed E-state index contributed by atoms with van der Waals surface area (Å²) in [5.74, 6) is 2.25. The van der Waals surface area contributed by atoms with Gasteiger partial charge in [-0.15, -0.1) is 0 Å². The Hall–Kier alpha value is -3.55. The van der Waals surface area contributed by atoms with Crippen molar-refractivity contribution in [3.05, 3.63) is 42.1 Å². The minimum Gasteiger partial charge on any atom is -0.353 e. The van der Waals surface area contributed by atoms with Gasteiger partial charge < -0.3 is 14.0 Å². The van der Waals surface area contributed by atoms with Crippen molar-refractivity contribution in [3.63, 3.8) is 0 Å². The van der Waals surface area contributed by atoms with E-state index < -0.39 is 0 Å². The number of aromatic nitrogens is 6. The molecule has 5 rings (SSSR count). The molecule has 134 valence electrons. The van der Waals surface area contributed by atoms with E-state index in [4.69, 9.17) is 9.05 Å². The molecule has 27 heavy (non-hydrogen) atoms. The van der Waals surface area contributed by atoms with Gasteiger partial charge in [0.05, 0.1) is 11.7 Å². The number of aryl methyl sites for hydroxylation is 2. The third-order valence-corrected chi connectivity index (χ3v) is 4.53. The van der Waals surface area contributed by atoms with Crippen LogP contribution in [0, 0.1) is 0 Å². The van der Waals surface area contributed by atoms with Crippen molar-refractivity contribution in [2.24, 2.45) is 0 Å². The van der Waals surface area contributed by atoms with Gasteiger partial charge in [0.2, 0.25) is 0 Å². The lowest BCUT2D eigenvalue weighted by Crippen LogP contribution is -1.86. The van der Waals surface area contributed by atoms with Crippen LogP contribution in [0.5, 0.6) is 0 Å². The maximum absolute atomic E-state index is 5.47. The van der Waals surface area contributed by atoms with E-state index in [2.05, 4.69) is 30.2 Å². The molecule has 0 spiro atoms. The van der Waals surface area contributed by atoms with Crippen molar-refractivity contribution in [2.45, 2.75) is 26.7 Å². The Morgan fingerprint density at radius 3 is 2.41 bits per heavy atom. The summed E-state index contributed by atoms with van der Waals surface area (Å²) in [6.45, 7) is 3.97. The van der Waals surface area contributed by atoms with Crippen LogP contribution in [0.15, 0.2) is 39.5 Å². The van der Waals surface area contributed by atoms with E-state index in [0.29, 0.717) is 35.5 Å². The van der Waals surface area contributed by atoms with Gasteiger partial charge in [0.15, 0.2) is 11.6 Å². The summed E-state index contributed by atoms with van der Waals surface area (Å²) in [6.07, 6.45) is 3.20. The van der Waals surface area contributed by atoms with E-state index in [1.165, 1.54) is 0 Å². The highest BCUT2D eigenvalue weighted by Gasteiger charge is 2.17. The zero-order chi connectivity index (χ0) is 18.4. The van der Waals surface area contributed by atoms with E-state index in [-0.39, 0.29) is 0 Å². The fourth-order valence-corrected chi connectivity index (χ4v) is 3.16. The number of pyridine rings is 1. The van der Waals surface area contributed by atoms with E-state index in [1.54, 1.807) is 6.20 Å². The summed E-state index contributed by atoms with van der Waals surface area (Å²) in [5.41, 5.74) is 3.39. The van der Waals surface area contributed by atoms with Gasteiger partial charge in [-0.05, 0) is 18.2 Å². The Labute approximate surface area is 153 Å². The molecule has 1 N–H and O–H groups in total. The third kappa shape index (κ3) is 2.49. The predicted octanol–water partition coefficient (Wildman–Crippen LogP) is 3.94. The second kappa shape index (κ2) is 6.01. The van der Waals surface area contributed by atoms with Gasteiger partial charge in [-0.1, -0.05) is 30.2 Å². The molecule has 0 fully saturated rings. The molecule has 0 bridgehead atoms. The molecule has 8 nitrogen and oxygen atoms in total. The average Bonchev–Trinajstić information content (AvgIpc) is 3.44. The second-order valence-electron chi connectivity index (χ2n) is 6.21. The molecular weight excluding hydrogens is 344 g/mol. The van der Waals surface area contributed by atoms with Crippen molar-refractivity contribution in [1.82, 2.24) is 30.2 Å². The number of nitrogens with one attached hydrogen (secondary N) is 1. The molecule has 0 saturated carbocycles. The van der Waals surface area contributed by atoms with E-state index in [1.807, 2.05) is 38.1 Å². The van der Waals surface area contributed by atoms with E-state index in [0.717, 1.165) is 33.8 Å². The van der Waals surface area contributed by atoms with Gasteiger partial charge in [-0.2, -0.15) is 9.97 Å². The molecule has 5 aromatic rings. The predicted molar refractivity (Wildman–Crippen MR) is 98.9 cm³/mol. The zero-order valence-corrected chi connectivity index (χ0v) is 14.9. The summed E-state index contributed by atoms with van der Waals surface area (Å²) in [6, 6.07) is 7.90. The molecule has 0 aliphatic rings. The van der Waals surface area contributed by atoms with Crippen molar-refractivity contribution >= 4 is 21.8 Å². The van der Waals surface area contributed by atoms with Crippen molar-refractivity contribution in [2.75, 3.05) is 0 Å². The van der Waals surface area contributed by atoms with Crippen LogP contribution in [-0.2, 0) is 12.8 Å². The Morgan fingerprint density at radius 2 is 1.67 bits per heavy atom. The van der Waals surface area contributed by atoms with Gasteiger partial charge >= 0.3 is 0 Å². The molecule has 0 unspecified atom stereocenters. The van der Waals surface area contributed by atoms with Crippen molar-refractivity contribution in [3.8, 4) is 23.0 Å². The maximum atomic E-state index is 5.47. The Bertz CT molecular complexity index is 1270. The first kappa shape index (κ1) is 15.7. The normalized spacial score (nSPS) is 11.6. The van der Waals surface area contributed by atoms with Gasteiger partial charge in [0.25, 0.3) is 11.8 Å². The Kier molecular flexibility index (Phi) is 3.49. The second-order valence-corrected chi connectivity index (χ2v) is 6.21. The topological polar surface area (TPSA) is 107 Å². The smallest absolute Gasteiger partial charge is 0.276 e. The Balaban J connectivity index is 1.74. The summed E-state index contributed by atoms with van der Waals surface area (Å²) >= 11 is 0. The van der Waals surface area contributed by atoms with Crippen LogP contribution in [0.4, 0.5) is 0 Å². The monoisotopic (exact) mass is 360 g/mol. The van der Waals surface area contributed by atoms with Crippen LogP contribution in [0.1, 0.15) is 25.5 Å². The highest BCUT2D eigenvalue weighted by Crippen LogP contribution is 2.35. The van der Waals surface area contributed by atoms with Crippen LogP contribution in [0.3, 0.4) is 0 Å². The SMILES string of the molecule is CCc1noc(-c2cc3c(cn2)[nH]c2cccc(-c4nc(CC)no4)c23)n1. The van der Waals surface area contributed by atoms with Gasteiger partial charge in [0, 0.05) is 34.7 Å². The molecule has 4 heterocycles. The van der Waals surface area contributed by atoms with Crippen molar-refractivity contribution in [1.29, 1.82) is 0 Å². The molecule has 0 radical (unpaired) electrons. The number of hydrogen-bond acceptors (Lipinski definition) is 7. The van der Waals surface area contributed by atoms with Crippen LogP contribution in [0.25, 0.3) is 44.8 Å². The minimum atomic E-state index is 0.409. The summed E-state index contributed by atoms with van der Waals surface area (Å²) < 4.78 is 10.8. The van der Waals surface area contributed by atoms with Gasteiger partial charge in [-0.3, -0.25) is 0 Å². The fourth-order valence-electron chi connectivity index (χ4n) is 3.16. The molecule has 4 aromatic heterocycles. The van der Waals surface area contributed by atoms with E-state index >= 15 is 0 Å². The first-order valence-electron chi connectivity index (χ1n) is 8.83. The highest BCUT2D eigenvalue weighted by atomic mass is 16.5. The van der Waals surface area contributed by atoms with E-state index in [9.17, 15) is 0 Å². The largest absolute Gasteiger partial charge is 0.353 e. The molecule has 0 saturated heterocycles. The zero-order valence-electron chi connectivity index (χ0n) is 14.9. The van der Waals surface area contributed by atoms with Crippen LogP contribution in [0.2, 0.25) is 0 Å². The van der Waals surface area contributed by atoms with Crippen LogP contribution < -0.4 is 0 Å². The average molecular weight is 360 g/mol. The number of aromatic amines is 1. The van der Waals surface area contributed by atoms with Gasteiger partial charge in [0.1, 0.15) is 5.69 Å². The molecule has 0 aliphatic heterocycles. The molecular formula is C19H16N6O2. The maximum Gasteiger partial charge on any atom is 0.276 e. The molecule has 0 amide bonds. The van der Waals surface area contributed by atoms with Crippen LogP contribution in [-0.4, -0.2) is 30.2 Å². The lowest BCUT2D eigenvalue weighted by atomic mass is 10.1. The van der Waals surface area contributed by atoms with Crippen LogP contribution >= 0.6 is 0 Å². The number of benzene rings is 1. The first-order chi connectivity index (χ1) is 13.3. The summed E-state index contributed by atoms with van der Waals surface area (Å²) in [5, 5.41) is 9.95. The molecule has 8 heteroatoms. The minimum absolute atomic E-state index is 0.409. The lowest BCUT2D eigenvalue weighted by Gasteiger charge is -1.99. The number of nitrogens with zero attached hydrogens (tertiary/aromatic N) is 5. The molecule has 1 aromatic carbocycles. The van der Waals surface area contributed by atoms with Gasteiger partial charge in [-0.25, -0.2) is 4.98 Å². The summed E-state index contributed by atoms with van der Waals surface area (Å²) in [7, 11) is 0. The van der Waals surface area contributed by atoms with Crippen molar-refractivity contribution < 1.29 is 9.05 Å².